The van der Waals surface area contributed by atoms with Crippen LogP contribution in [-0.2, 0) is 26.5 Å². The van der Waals surface area contributed by atoms with Gasteiger partial charge in [0.05, 0.1) is 10.1 Å². The number of benzene rings is 2. The maximum Gasteiger partial charge on any atom is 0.240 e. The molecule has 6 nitrogen and oxygen atoms in total. The molecule has 1 aliphatic carbocycles. The second-order valence-electron chi connectivity index (χ2n) is 9.34. The fourth-order valence-corrected chi connectivity index (χ4v) is 5.99. The minimum atomic E-state index is -3.48. The van der Waals surface area contributed by atoms with Crippen LogP contribution in [0.3, 0.4) is 0 Å². The Labute approximate surface area is 205 Å². The topological polar surface area (TPSA) is 92.3 Å². The van der Waals surface area contributed by atoms with Crippen molar-refractivity contribution < 1.29 is 16.8 Å². The molecule has 2 N–H and O–H groups in total. The molecule has 2 atom stereocenters. The molecular weight excluding hydrogens is 468 g/mol. The second kappa shape index (κ2) is 11.6. The van der Waals surface area contributed by atoms with Crippen molar-refractivity contribution in [3.63, 3.8) is 0 Å². The molecule has 0 radical (unpaired) electrons. The van der Waals surface area contributed by atoms with Gasteiger partial charge in [-0.25, -0.2) is 26.3 Å². The lowest BCUT2D eigenvalue weighted by Gasteiger charge is -2.28. The Morgan fingerprint density at radius 1 is 0.912 bits per heavy atom. The van der Waals surface area contributed by atoms with Crippen LogP contribution in [-0.4, -0.2) is 35.2 Å². The number of sulfonamides is 2. The summed E-state index contributed by atoms with van der Waals surface area (Å²) in [6.07, 6.45) is 5.87. The Kier molecular flexibility index (Phi) is 9.09. The molecule has 3 rings (SSSR count). The van der Waals surface area contributed by atoms with Crippen molar-refractivity contribution in [3.05, 3.63) is 71.8 Å². The molecule has 2 aromatic rings. The Balaban J connectivity index is 1.49. The van der Waals surface area contributed by atoms with Gasteiger partial charge in [0.2, 0.25) is 20.0 Å². The van der Waals surface area contributed by atoms with E-state index in [-0.39, 0.29) is 10.8 Å². The van der Waals surface area contributed by atoms with Crippen LogP contribution in [0.5, 0.6) is 0 Å². The molecule has 0 spiro atoms. The van der Waals surface area contributed by atoms with E-state index >= 15 is 0 Å². The molecule has 1 aliphatic rings. The van der Waals surface area contributed by atoms with Gasteiger partial charge in [0, 0.05) is 13.1 Å². The van der Waals surface area contributed by atoms with E-state index in [2.05, 4.69) is 46.7 Å². The average Bonchev–Trinajstić information content (AvgIpc) is 2.83. The van der Waals surface area contributed by atoms with Gasteiger partial charge in [0.25, 0.3) is 0 Å². The fourth-order valence-electron chi connectivity index (χ4n) is 4.11. The molecule has 0 saturated carbocycles. The molecule has 8 heteroatoms. The van der Waals surface area contributed by atoms with E-state index in [9.17, 15) is 16.8 Å². The first kappa shape index (κ1) is 26.6. The summed E-state index contributed by atoms with van der Waals surface area (Å²) in [5.41, 5.74) is 3.60. The van der Waals surface area contributed by atoms with Crippen LogP contribution in [0.4, 0.5) is 0 Å². The van der Waals surface area contributed by atoms with Crippen LogP contribution in [0.15, 0.2) is 65.6 Å². The summed E-state index contributed by atoms with van der Waals surface area (Å²) in [5, 5.41) is -0.412. The van der Waals surface area contributed by atoms with Gasteiger partial charge in [0.1, 0.15) is 0 Å². The van der Waals surface area contributed by atoms with Gasteiger partial charge in [-0.2, -0.15) is 0 Å². The zero-order valence-corrected chi connectivity index (χ0v) is 21.8. The zero-order chi connectivity index (χ0) is 24.8. The molecule has 0 heterocycles. The van der Waals surface area contributed by atoms with Crippen LogP contribution >= 0.6 is 0 Å². The first-order valence-corrected chi connectivity index (χ1v) is 14.9. The first-order chi connectivity index (χ1) is 16.1. The number of nitrogens with one attached hydrogen (secondary N) is 2. The summed E-state index contributed by atoms with van der Waals surface area (Å²) in [6, 6.07) is 16.7. The fraction of sp³-hybridized carbons (Fsp3) is 0.462. The van der Waals surface area contributed by atoms with E-state index < -0.39 is 25.3 Å². The van der Waals surface area contributed by atoms with Gasteiger partial charge >= 0.3 is 0 Å². The van der Waals surface area contributed by atoms with Crippen molar-refractivity contribution in [2.24, 2.45) is 11.8 Å². The third-order valence-corrected chi connectivity index (χ3v) is 9.85. The minimum absolute atomic E-state index is 0.277. The maximum absolute atomic E-state index is 12.3. The summed E-state index contributed by atoms with van der Waals surface area (Å²) in [6.45, 7) is 6.33. The minimum Gasteiger partial charge on any atom is -0.215 e. The van der Waals surface area contributed by atoms with E-state index in [4.69, 9.17) is 0 Å². The monoisotopic (exact) mass is 504 g/mol. The van der Waals surface area contributed by atoms with Crippen molar-refractivity contribution in [2.45, 2.75) is 56.6 Å². The SMILES string of the molecule is CC(CNS(=O)(=O)C(C)C)C1CC=C(c2ccc(CCNS(=O)(=O)c3ccccc3)cc2)CC1. The quantitative estimate of drug-likeness (QED) is 0.476. The molecular formula is C26H36N2O4S2. The first-order valence-electron chi connectivity index (χ1n) is 11.9. The van der Waals surface area contributed by atoms with E-state index in [0.29, 0.717) is 25.4 Å². The normalized spacial score (nSPS) is 18.0. The van der Waals surface area contributed by atoms with Gasteiger partial charge in [-0.15, -0.1) is 0 Å². The lowest BCUT2D eigenvalue weighted by Crippen LogP contribution is -2.36. The molecule has 0 amide bonds. The maximum atomic E-state index is 12.3. The van der Waals surface area contributed by atoms with Crippen LogP contribution in [0.1, 0.15) is 51.2 Å². The number of allylic oxidation sites excluding steroid dienone is 2. The molecule has 2 unspecified atom stereocenters. The molecule has 34 heavy (non-hydrogen) atoms. The highest BCUT2D eigenvalue weighted by Gasteiger charge is 2.23. The summed E-state index contributed by atoms with van der Waals surface area (Å²) < 4.78 is 54.1. The van der Waals surface area contributed by atoms with Crippen molar-refractivity contribution in [1.82, 2.24) is 9.44 Å². The summed E-state index contributed by atoms with van der Waals surface area (Å²) in [4.78, 5) is 0.277. The highest BCUT2D eigenvalue weighted by atomic mass is 32.2. The van der Waals surface area contributed by atoms with E-state index in [1.807, 2.05) is 0 Å². The average molecular weight is 505 g/mol. The predicted octanol–water partition coefficient (Wildman–Crippen LogP) is 4.36. The molecule has 0 aromatic heterocycles. The van der Waals surface area contributed by atoms with E-state index in [1.54, 1.807) is 44.2 Å². The Morgan fingerprint density at radius 3 is 2.18 bits per heavy atom. The Morgan fingerprint density at radius 2 is 1.59 bits per heavy atom. The third-order valence-electron chi connectivity index (χ3n) is 6.57. The van der Waals surface area contributed by atoms with E-state index in [0.717, 1.165) is 24.8 Å². The van der Waals surface area contributed by atoms with Gasteiger partial charge in [0.15, 0.2) is 0 Å². The third kappa shape index (κ3) is 7.25. The summed E-state index contributed by atoms with van der Waals surface area (Å²) in [7, 11) is -6.70. The van der Waals surface area contributed by atoms with Gasteiger partial charge < -0.3 is 0 Å². The van der Waals surface area contributed by atoms with Crippen molar-refractivity contribution >= 4 is 25.6 Å². The number of hydrogen-bond acceptors (Lipinski definition) is 4. The number of hydrogen-bond donors (Lipinski definition) is 2. The zero-order valence-electron chi connectivity index (χ0n) is 20.2. The lowest BCUT2D eigenvalue weighted by molar-refractivity contribution is 0.334. The lowest BCUT2D eigenvalue weighted by atomic mass is 9.80. The summed E-state index contributed by atoms with van der Waals surface area (Å²) in [5.74, 6) is 0.754. The van der Waals surface area contributed by atoms with Gasteiger partial charge in [-0.05, 0) is 80.2 Å². The Hall–Kier alpha value is -2.00. The highest BCUT2D eigenvalue weighted by Crippen LogP contribution is 2.34. The van der Waals surface area contributed by atoms with Crippen molar-refractivity contribution in [1.29, 1.82) is 0 Å². The molecule has 0 aliphatic heterocycles. The summed E-state index contributed by atoms with van der Waals surface area (Å²) >= 11 is 0. The largest absolute Gasteiger partial charge is 0.240 e. The molecule has 2 aromatic carbocycles. The highest BCUT2D eigenvalue weighted by molar-refractivity contribution is 7.90. The van der Waals surface area contributed by atoms with E-state index in [1.165, 1.54) is 11.1 Å². The van der Waals surface area contributed by atoms with Gasteiger partial charge in [-0.3, -0.25) is 0 Å². The standard InChI is InChI=1S/C26H36N2O4S2/c1-20(2)33(29,30)28-19-21(3)23-13-15-25(16-14-23)24-11-9-22(10-12-24)17-18-27-34(31,32)26-7-5-4-6-8-26/h4-12,15,20-21,23,27-28H,13-14,16-19H2,1-3H3. The Bertz CT molecular complexity index is 1170. The smallest absolute Gasteiger partial charge is 0.215 e. The molecule has 186 valence electrons. The van der Waals surface area contributed by atoms with Crippen molar-refractivity contribution in [3.8, 4) is 0 Å². The van der Waals surface area contributed by atoms with Crippen LogP contribution in [0, 0.1) is 11.8 Å². The number of rotatable bonds is 11. The second-order valence-corrected chi connectivity index (χ2v) is 13.4. The molecule has 0 saturated heterocycles. The van der Waals surface area contributed by atoms with Crippen LogP contribution < -0.4 is 9.44 Å². The van der Waals surface area contributed by atoms with Crippen molar-refractivity contribution in [2.75, 3.05) is 13.1 Å². The molecule has 0 fully saturated rings. The van der Waals surface area contributed by atoms with Crippen LogP contribution in [0.25, 0.3) is 5.57 Å². The van der Waals surface area contributed by atoms with Crippen LogP contribution in [0.2, 0.25) is 0 Å². The van der Waals surface area contributed by atoms with Gasteiger partial charge in [-0.1, -0.05) is 55.5 Å². The predicted molar refractivity (Wildman–Crippen MR) is 138 cm³/mol. The molecule has 0 bridgehead atoms.